The van der Waals surface area contributed by atoms with Crippen LogP contribution >= 0.6 is 0 Å². The van der Waals surface area contributed by atoms with E-state index in [9.17, 15) is 9.90 Å². The van der Waals surface area contributed by atoms with Gasteiger partial charge in [0.2, 0.25) is 0 Å². The number of hydrogen-bond donors (Lipinski definition) is 1. The predicted octanol–water partition coefficient (Wildman–Crippen LogP) is 2.91. The number of esters is 1. The molecule has 0 saturated carbocycles. The molecule has 0 radical (unpaired) electrons. The van der Waals surface area contributed by atoms with Crippen LogP contribution in [0.5, 0.6) is 0 Å². The molecule has 0 aliphatic rings. The molecule has 116 valence electrons. The fraction of sp³-hybridized carbons (Fsp3) is 0.278. The number of carbonyl (C=O) groups is 1. The van der Waals surface area contributed by atoms with Gasteiger partial charge in [0.25, 0.3) is 0 Å². The molecule has 0 atom stereocenters. The van der Waals surface area contributed by atoms with E-state index in [0.29, 0.717) is 11.1 Å². The minimum atomic E-state index is -0.403. The Morgan fingerprint density at radius 3 is 2.41 bits per heavy atom. The van der Waals surface area contributed by atoms with Crippen LogP contribution in [0.15, 0.2) is 42.5 Å². The van der Waals surface area contributed by atoms with Crippen molar-refractivity contribution in [3.63, 3.8) is 0 Å². The van der Waals surface area contributed by atoms with Gasteiger partial charge < -0.3 is 14.7 Å². The lowest BCUT2D eigenvalue weighted by Gasteiger charge is -2.21. The number of hydrogen-bond acceptors (Lipinski definition) is 4. The van der Waals surface area contributed by atoms with Gasteiger partial charge in [0.1, 0.15) is 0 Å². The molecule has 0 bridgehead atoms. The second kappa shape index (κ2) is 7.09. The van der Waals surface area contributed by atoms with Gasteiger partial charge in [-0.1, -0.05) is 29.8 Å². The van der Waals surface area contributed by atoms with Crippen molar-refractivity contribution in [2.45, 2.75) is 20.1 Å². The summed E-state index contributed by atoms with van der Waals surface area (Å²) < 4.78 is 4.76. The van der Waals surface area contributed by atoms with Gasteiger partial charge in [-0.2, -0.15) is 0 Å². The maximum absolute atomic E-state index is 11.7. The van der Waals surface area contributed by atoms with Gasteiger partial charge in [0, 0.05) is 19.3 Å². The van der Waals surface area contributed by atoms with E-state index >= 15 is 0 Å². The first-order valence-corrected chi connectivity index (χ1v) is 7.13. The Balaban J connectivity index is 2.26. The Morgan fingerprint density at radius 1 is 1.14 bits per heavy atom. The summed E-state index contributed by atoms with van der Waals surface area (Å²) in [4.78, 5) is 13.8. The van der Waals surface area contributed by atoms with Gasteiger partial charge in [-0.05, 0) is 36.2 Å². The van der Waals surface area contributed by atoms with Crippen LogP contribution in [0.25, 0.3) is 0 Å². The second-order valence-electron chi connectivity index (χ2n) is 5.38. The number of anilines is 1. The first-order chi connectivity index (χ1) is 10.5. The van der Waals surface area contributed by atoms with Gasteiger partial charge in [-0.3, -0.25) is 0 Å². The van der Waals surface area contributed by atoms with Gasteiger partial charge in [0.15, 0.2) is 0 Å². The Morgan fingerprint density at radius 2 is 1.82 bits per heavy atom. The summed E-state index contributed by atoms with van der Waals surface area (Å²) in [6.07, 6.45) is 0. The molecule has 0 fully saturated rings. The molecule has 0 saturated heterocycles. The molecule has 4 nitrogen and oxygen atoms in total. The summed E-state index contributed by atoms with van der Waals surface area (Å²) in [6, 6.07) is 13.6. The molecule has 1 N–H and O–H groups in total. The average Bonchev–Trinajstić information content (AvgIpc) is 2.55. The van der Waals surface area contributed by atoms with Crippen molar-refractivity contribution in [1.82, 2.24) is 0 Å². The quantitative estimate of drug-likeness (QED) is 0.863. The summed E-state index contributed by atoms with van der Waals surface area (Å²) in [6.45, 7) is 2.66. The number of benzene rings is 2. The van der Waals surface area contributed by atoms with E-state index in [2.05, 4.69) is 31.2 Å². The number of carbonyl (C=O) groups excluding carboxylic acids is 1. The highest BCUT2D eigenvalue weighted by Crippen LogP contribution is 2.21. The number of aliphatic hydroxyl groups is 1. The van der Waals surface area contributed by atoms with Gasteiger partial charge in [0.05, 0.1) is 19.3 Å². The Hall–Kier alpha value is -2.33. The zero-order valence-corrected chi connectivity index (χ0v) is 13.2. The van der Waals surface area contributed by atoms with Crippen molar-refractivity contribution in [1.29, 1.82) is 0 Å². The molecular formula is C18H21NO3. The van der Waals surface area contributed by atoms with Crippen LogP contribution in [0.1, 0.15) is 27.0 Å². The number of aryl methyl sites for hydroxylation is 1. The zero-order valence-electron chi connectivity index (χ0n) is 13.2. The fourth-order valence-corrected chi connectivity index (χ4v) is 2.28. The molecule has 0 aromatic heterocycles. The van der Waals surface area contributed by atoms with Crippen LogP contribution in [0.3, 0.4) is 0 Å². The monoisotopic (exact) mass is 299 g/mol. The summed E-state index contributed by atoms with van der Waals surface area (Å²) in [5.74, 6) is -0.403. The highest BCUT2D eigenvalue weighted by atomic mass is 16.5. The van der Waals surface area contributed by atoms with Crippen molar-refractivity contribution in [3.8, 4) is 0 Å². The van der Waals surface area contributed by atoms with Gasteiger partial charge in [-0.25, -0.2) is 4.79 Å². The fourth-order valence-electron chi connectivity index (χ4n) is 2.28. The number of ether oxygens (including phenoxy) is 1. The van der Waals surface area contributed by atoms with Gasteiger partial charge in [-0.15, -0.1) is 0 Å². The minimum Gasteiger partial charge on any atom is -0.465 e. The van der Waals surface area contributed by atoms with E-state index in [1.165, 1.54) is 18.2 Å². The predicted molar refractivity (Wildman–Crippen MR) is 87.0 cm³/mol. The van der Waals surface area contributed by atoms with Crippen LogP contribution in [-0.2, 0) is 17.9 Å². The maximum atomic E-state index is 11.7. The van der Waals surface area contributed by atoms with Crippen molar-refractivity contribution >= 4 is 11.7 Å². The lowest BCUT2D eigenvalue weighted by Crippen LogP contribution is -2.17. The number of methoxy groups -OCH3 is 1. The Labute approximate surface area is 131 Å². The summed E-state index contributed by atoms with van der Waals surface area (Å²) in [5.41, 5.74) is 4.41. The van der Waals surface area contributed by atoms with Crippen LogP contribution in [0, 0.1) is 6.92 Å². The lowest BCUT2D eigenvalue weighted by atomic mass is 10.1. The largest absolute Gasteiger partial charge is 0.465 e. The van der Waals surface area contributed by atoms with E-state index in [4.69, 9.17) is 4.74 Å². The van der Waals surface area contributed by atoms with Crippen LogP contribution in [-0.4, -0.2) is 25.2 Å². The van der Waals surface area contributed by atoms with Gasteiger partial charge >= 0.3 is 5.97 Å². The molecule has 2 aromatic carbocycles. The third kappa shape index (κ3) is 3.86. The highest BCUT2D eigenvalue weighted by molar-refractivity contribution is 5.90. The van der Waals surface area contributed by atoms with Crippen molar-refractivity contribution in [2.24, 2.45) is 0 Å². The maximum Gasteiger partial charge on any atom is 0.337 e. The van der Waals surface area contributed by atoms with Crippen molar-refractivity contribution in [2.75, 3.05) is 19.1 Å². The first kappa shape index (κ1) is 16.0. The molecule has 0 unspecified atom stereocenters. The Bertz CT molecular complexity index is 650. The Kier molecular flexibility index (Phi) is 5.17. The third-order valence-electron chi connectivity index (χ3n) is 3.56. The van der Waals surface area contributed by atoms with Crippen LogP contribution < -0.4 is 4.90 Å². The van der Waals surface area contributed by atoms with Crippen molar-refractivity contribution in [3.05, 3.63) is 64.7 Å². The molecular weight excluding hydrogens is 278 g/mol. The molecule has 0 heterocycles. The highest BCUT2D eigenvalue weighted by Gasteiger charge is 2.11. The molecule has 2 aromatic rings. The zero-order chi connectivity index (χ0) is 16.1. The van der Waals surface area contributed by atoms with Crippen molar-refractivity contribution < 1.29 is 14.6 Å². The van der Waals surface area contributed by atoms with Crippen LogP contribution in [0.2, 0.25) is 0 Å². The molecule has 0 aliphatic carbocycles. The number of nitrogens with zero attached hydrogens (tertiary/aromatic N) is 1. The lowest BCUT2D eigenvalue weighted by molar-refractivity contribution is 0.0600. The number of rotatable bonds is 5. The summed E-state index contributed by atoms with van der Waals surface area (Å²) in [7, 11) is 3.31. The molecule has 22 heavy (non-hydrogen) atoms. The second-order valence-corrected chi connectivity index (χ2v) is 5.38. The normalized spacial score (nSPS) is 10.4. The first-order valence-electron chi connectivity index (χ1n) is 7.13. The van der Waals surface area contributed by atoms with E-state index in [1.807, 2.05) is 18.0 Å². The summed E-state index contributed by atoms with van der Waals surface area (Å²) in [5, 5.41) is 9.37. The van der Waals surface area contributed by atoms with E-state index in [0.717, 1.165) is 12.2 Å². The molecule has 2 rings (SSSR count). The molecule has 0 aliphatic heterocycles. The molecule has 0 spiro atoms. The average molecular weight is 299 g/mol. The van der Waals surface area contributed by atoms with Crippen LogP contribution in [0.4, 0.5) is 5.69 Å². The smallest absolute Gasteiger partial charge is 0.337 e. The molecule has 4 heteroatoms. The van der Waals surface area contributed by atoms with E-state index < -0.39 is 5.97 Å². The van der Waals surface area contributed by atoms with E-state index in [-0.39, 0.29) is 6.61 Å². The standard InChI is InChI=1S/C18H21NO3/c1-13-4-6-14(7-5-13)11-19(2)17-9-15(12-20)8-16(10-17)18(21)22-3/h4-10,20H,11-12H2,1-3H3. The summed E-state index contributed by atoms with van der Waals surface area (Å²) >= 11 is 0. The molecule has 0 amide bonds. The SMILES string of the molecule is COC(=O)c1cc(CO)cc(N(C)Cc2ccc(C)cc2)c1. The topological polar surface area (TPSA) is 49.8 Å². The minimum absolute atomic E-state index is 0.115. The number of aliphatic hydroxyl groups excluding tert-OH is 1. The van der Waals surface area contributed by atoms with E-state index in [1.54, 1.807) is 12.1 Å². The third-order valence-corrected chi connectivity index (χ3v) is 3.56.